The number of fused-ring (bicyclic) bond motifs is 1. The number of aliphatic imine (C=N–C) groups is 1. The van der Waals surface area contributed by atoms with Crippen LogP contribution in [0, 0.1) is 5.82 Å². The third kappa shape index (κ3) is 7.55. The number of benzene rings is 2. The summed E-state index contributed by atoms with van der Waals surface area (Å²) in [6.45, 7) is 6.69. The maximum Gasteiger partial charge on any atom is 0.408 e. The number of anilines is 1. The van der Waals surface area contributed by atoms with Gasteiger partial charge in [-0.25, -0.2) is 9.18 Å². The third-order valence-corrected chi connectivity index (χ3v) is 6.55. The molecule has 2 aromatic carbocycles. The van der Waals surface area contributed by atoms with Crippen molar-refractivity contribution >= 4 is 40.9 Å². The molecule has 0 aliphatic carbocycles. The molecule has 1 unspecified atom stereocenters. The van der Waals surface area contributed by atoms with Crippen molar-refractivity contribution in [2.45, 2.75) is 45.4 Å². The Labute approximate surface area is 221 Å². The molecular formula is C27H33FN4O4S. The van der Waals surface area contributed by atoms with E-state index in [2.05, 4.69) is 10.6 Å². The number of hydrogen-bond donors (Lipinski definition) is 2. The van der Waals surface area contributed by atoms with E-state index in [1.165, 1.54) is 24.8 Å². The Bertz CT molecular complexity index is 1180. The van der Waals surface area contributed by atoms with E-state index in [-0.39, 0.29) is 29.9 Å². The first kappa shape index (κ1) is 28.2. The number of rotatable bonds is 8. The molecule has 0 fully saturated rings. The van der Waals surface area contributed by atoms with Crippen LogP contribution in [0.25, 0.3) is 0 Å². The van der Waals surface area contributed by atoms with Crippen LogP contribution < -0.4 is 15.5 Å². The van der Waals surface area contributed by atoms with Gasteiger partial charge in [-0.15, -0.1) is 11.8 Å². The number of carbonyl (C=O) groups excluding carboxylic acids is 3. The molecule has 2 N–H and O–H groups in total. The Morgan fingerprint density at radius 1 is 1.14 bits per heavy atom. The number of ether oxygens (including phenoxy) is 1. The number of Topliss-reactive ketones (excluding diaryl/α,β-unsaturated/α-hetero) is 1. The Hall–Kier alpha value is -3.40. The van der Waals surface area contributed by atoms with E-state index < -0.39 is 29.6 Å². The van der Waals surface area contributed by atoms with Crippen LogP contribution in [0.5, 0.6) is 0 Å². The summed E-state index contributed by atoms with van der Waals surface area (Å²) in [6, 6.07) is 12.2. The molecule has 1 aliphatic heterocycles. The molecule has 2 atom stereocenters. The number of halogens is 1. The van der Waals surface area contributed by atoms with Crippen molar-refractivity contribution in [1.29, 1.82) is 0 Å². The highest BCUT2D eigenvalue weighted by molar-refractivity contribution is 7.99. The second-order valence-electron chi connectivity index (χ2n) is 9.66. The zero-order chi connectivity index (χ0) is 27.2. The number of amides is 2. The smallest absolute Gasteiger partial charge is 0.408 e. The highest BCUT2D eigenvalue weighted by atomic mass is 32.2. The van der Waals surface area contributed by atoms with Crippen LogP contribution in [0.2, 0.25) is 0 Å². The van der Waals surface area contributed by atoms with Crippen LogP contribution in [0.4, 0.5) is 14.9 Å². The van der Waals surface area contributed by atoms with E-state index in [1.807, 2.05) is 29.2 Å². The standard InChI is InChI=1S/C27H33FN4O4S/c1-17(33)30-16-37-15-21(31-26(35)36-27(2,3)4)25(34)23-14-29-24(18-10-6-8-12-20(18)28)19-11-7-9-13-22(19)32(23)5/h6-13,21,23H,14-16H2,1-5H3,(H,30,33)(H,31,35)/t21-,23?/m1/s1. The van der Waals surface area contributed by atoms with Gasteiger partial charge >= 0.3 is 6.09 Å². The molecule has 3 rings (SSSR count). The molecular weight excluding hydrogens is 495 g/mol. The number of nitrogens with zero attached hydrogens (tertiary/aromatic N) is 2. The van der Waals surface area contributed by atoms with Gasteiger partial charge in [0.1, 0.15) is 23.5 Å². The molecule has 1 aliphatic rings. The maximum absolute atomic E-state index is 14.7. The molecule has 2 amide bonds. The van der Waals surface area contributed by atoms with Crippen molar-refractivity contribution in [1.82, 2.24) is 10.6 Å². The molecule has 37 heavy (non-hydrogen) atoms. The van der Waals surface area contributed by atoms with Crippen LogP contribution in [0.15, 0.2) is 53.5 Å². The van der Waals surface area contributed by atoms with Gasteiger partial charge in [0.05, 0.1) is 18.1 Å². The van der Waals surface area contributed by atoms with Gasteiger partial charge in [-0.1, -0.05) is 30.3 Å². The van der Waals surface area contributed by atoms with Crippen molar-refractivity contribution in [2.24, 2.45) is 4.99 Å². The normalized spacial score (nSPS) is 16.1. The van der Waals surface area contributed by atoms with Crippen LogP contribution >= 0.6 is 11.8 Å². The average molecular weight is 529 g/mol. The number of para-hydroxylation sites is 1. The Balaban J connectivity index is 1.92. The highest BCUT2D eigenvalue weighted by Gasteiger charge is 2.35. The predicted molar refractivity (Wildman–Crippen MR) is 145 cm³/mol. The number of hydrogen-bond acceptors (Lipinski definition) is 7. The summed E-state index contributed by atoms with van der Waals surface area (Å²) in [7, 11) is 1.79. The summed E-state index contributed by atoms with van der Waals surface area (Å²) in [4.78, 5) is 44.2. The lowest BCUT2D eigenvalue weighted by Crippen LogP contribution is -2.53. The largest absolute Gasteiger partial charge is 0.444 e. The summed E-state index contributed by atoms with van der Waals surface area (Å²) in [5, 5.41) is 5.37. The topological polar surface area (TPSA) is 100 Å². The lowest BCUT2D eigenvalue weighted by molar-refractivity contribution is -0.121. The number of benzodiazepines with no additional fused rings is 1. The molecule has 0 saturated heterocycles. The van der Waals surface area contributed by atoms with Gasteiger partial charge in [0.2, 0.25) is 5.91 Å². The molecule has 8 nitrogen and oxygen atoms in total. The fourth-order valence-corrected chi connectivity index (χ4v) is 4.81. The molecule has 0 saturated carbocycles. The Kier molecular flexibility index (Phi) is 9.31. The van der Waals surface area contributed by atoms with Crippen LogP contribution in [-0.2, 0) is 14.3 Å². The molecule has 10 heteroatoms. The number of alkyl carbamates (subject to hydrolysis) is 1. The SMILES string of the molecule is CC(=O)NCSC[C@@H](NC(=O)OC(C)(C)C)C(=O)C1CN=C(c2ccccc2F)c2ccccc2N1C. The van der Waals surface area contributed by atoms with Crippen molar-refractivity contribution in [3.05, 3.63) is 65.5 Å². The quantitative estimate of drug-likeness (QED) is 0.400. The van der Waals surface area contributed by atoms with Crippen molar-refractivity contribution in [3.63, 3.8) is 0 Å². The molecule has 0 bridgehead atoms. The average Bonchev–Trinajstić information content (AvgIpc) is 2.96. The van der Waals surface area contributed by atoms with Gasteiger partial charge < -0.3 is 20.3 Å². The number of ketones is 1. The minimum Gasteiger partial charge on any atom is -0.444 e. The highest BCUT2D eigenvalue weighted by Crippen LogP contribution is 2.29. The monoisotopic (exact) mass is 528 g/mol. The zero-order valence-corrected chi connectivity index (χ0v) is 22.5. The molecule has 2 aromatic rings. The van der Waals surface area contributed by atoms with Crippen LogP contribution in [0.1, 0.15) is 38.8 Å². The molecule has 198 valence electrons. The lowest BCUT2D eigenvalue weighted by atomic mass is 9.99. The van der Waals surface area contributed by atoms with E-state index in [0.717, 1.165) is 5.69 Å². The number of carbonyl (C=O) groups is 3. The van der Waals surface area contributed by atoms with Crippen molar-refractivity contribution in [2.75, 3.05) is 30.1 Å². The fraction of sp³-hybridized carbons (Fsp3) is 0.407. The first-order valence-corrected chi connectivity index (χ1v) is 13.1. The number of thioether (sulfide) groups is 1. The molecule has 0 radical (unpaired) electrons. The van der Waals surface area contributed by atoms with Crippen molar-refractivity contribution < 1.29 is 23.5 Å². The number of likely N-dealkylation sites (N-methyl/N-ethyl adjacent to an activating group) is 1. The van der Waals surface area contributed by atoms with E-state index in [4.69, 9.17) is 9.73 Å². The fourth-order valence-electron chi connectivity index (χ4n) is 3.91. The predicted octanol–water partition coefficient (Wildman–Crippen LogP) is 3.77. The summed E-state index contributed by atoms with van der Waals surface area (Å²) in [6.07, 6.45) is -0.710. The van der Waals surface area contributed by atoms with Crippen LogP contribution in [0.3, 0.4) is 0 Å². The lowest BCUT2D eigenvalue weighted by Gasteiger charge is -2.31. The third-order valence-electron chi connectivity index (χ3n) is 5.63. The molecule has 0 spiro atoms. The summed E-state index contributed by atoms with van der Waals surface area (Å²) in [5.74, 6) is -0.354. The molecule has 0 aromatic heterocycles. The summed E-state index contributed by atoms with van der Waals surface area (Å²) in [5.41, 5.74) is 1.51. The van der Waals surface area contributed by atoms with Gasteiger partial charge in [-0.05, 0) is 39.0 Å². The second kappa shape index (κ2) is 12.2. The van der Waals surface area contributed by atoms with Gasteiger partial charge in [-0.2, -0.15) is 0 Å². The minimum absolute atomic E-state index is 0.0660. The van der Waals surface area contributed by atoms with E-state index in [1.54, 1.807) is 46.0 Å². The first-order valence-electron chi connectivity index (χ1n) is 11.9. The zero-order valence-electron chi connectivity index (χ0n) is 21.7. The van der Waals surface area contributed by atoms with Crippen molar-refractivity contribution in [3.8, 4) is 0 Å². The summed E-state index contributed by atoms with van der Waals surface area (Å²) < 4.78 is 20.1. The molecule has 1 heterocycles. The van der Waals surface area contributed by atoms with Crippen LogP contribution in [-0.4, -0.2) is 66.4 Å². The van der Waals surface area contributed by atoms with E-state index in [9.17, 15) is 18.8 Å². The van der Waals surface area contributed by atoms with Gasteiger partial charge in [0.25, 0.3) is 0 Å². The number of nitrogens with one attached hydrogen (secondary N) is 2. The maximum atomic E-state index is 14.7. The first-order chi connectivity index (χ1) is 17.5. The Morgan fingerprint density at radius 3 is 2.43 bits per heavy atom. The van der Waals surface area contributed by atoms with E-state index >= 15 is 0 Å². The van der Waals surface area contributed by atoms with Gasteiger partial charge in [-0.3, -0.25) is 14.6 Å². The van der Waals surface area contributed by atoms with Gasteiger partial charge in [0, 0.05) is 36.5 Å². The van der Waals surface area contributed by atoms with Gasteiger partial charge in [0.15, 0.2) is 5.78 Å². The minimum atomic E-state index is -0.904. The second-order valence-corrected chi connectivity index (χ2v) is 10.7. The summed E-state index contributed by atoms with van der Waals surface area (Å²) >= 11 is 1.31. The Morgan fingerprint density at radius 2 is 1.78 bits per heavy atom. The van der Waals surface area contributed by atoms with E-state index in [0.29, 0.717) is 16.8 Å².